The molecule has 24 heavy (non-hydrogen) atoms. The van der Waals surface area contributed by atoms with Crippen molar-refractivity contribution in [3.05, 3.63) is 59.9 Å². The second-order valence-corrected chi connectivity index (χ2v) is 6.15. The molecule has 4 nitrogen and oxygen atoms in total. The molecular weight excluding hydrogens is 322 g/mol. The maximum absolute atomic E-state index is 5.82. The largest absolute Gasteiger partial charge is 0.489 e. The van der Waals surface area contributed by atoms with Gasteiger partial charge in [0, 0.05) is 31.5 Å². The van der Waals surface area contributed by atoms with Crippen LogP contribution in [0.2, 0.25) is 0 Å². The van der Waals surface area contributed by atoms with E-state index in [1.165, 1.54) is 24.9 Å². The maximum atomic E-state index is 5.82. The van der Waals surface area contributed by atoms with Crippen LogP contribution in [0.5, 0.6) is 5.75 Å². The molecule has 1 atom stereocenters. The molecule has 1 aliphatic heterocycles. The lowest BCUT2D eigenvalue weighted by atomic mass is 10.1. The average molecular weight is 348 g/mol. The van der Waals surface area contributed by atoms with Crippen molar-refractivity contribution in [3.63, 3.8) is 0 Å². The Morgan fingerprint density at radius 1 is 1.12 bits per heavy atom. The van der Waals surface area contributed by atoms with Crippen molar-refractivity contribution in [2.24, 2.45) is 0 Å². The number of hydrogen-bond donors (Lipinski definition) is 1. The van der Waals surface area contributed by atoms with Crippen molar-refractivity contribution in [2.45, 2.75) is 32.0 Å². The molecule has 1 N–H and O–H groups in total. The highest BCUT2D eigenvalue weighted by Crippen LogP contribution is 2.17. The number of benzene rings is 1. The van der Waals surface area contributed by atoms with Crippen LogP contribution in [0.4, 0.5) is 0 Å². The molecular formula is C19H26ClN3O. The third kappa shape index (κ3) is 5.48. The van der Waals surface area contributed by atoms with Crippen LogP contribution in [0.25, 0.3) is 0 Å². The molecule has 2 heterocycles. The predicted molar refractivity (Wildman–Crippen MR) is 99.6 cm³/mol. The second-order valence-electron chi connectivity index (χ2n) is 6.15. The third-order valence-corrected chi connectivity index (χ3v) is 4.40. The van der Waals surface area contributed by atoms with E-state index in [1.54, 1.807) is 12.4 Å². The van der Waals surface area contributed by atoms with Gasteiger partial charge in [-0.3, -0.25) is 9.88 Å². The first-order valence-electron chi connectivity index (χ1n) is 8.34. The monoisotopic (exact) mass is 347 g/mol. The molecule has 0 radical (unpaired) electrons. The molecule has 0 saturated carbocycles. The van der Waals surface area contributed by atoms with Crippen LogP contribution < -0.4 is 10.1 Å². The summed E-state index contributed by atoms with van der Waals surface area (Å²) >= 11 is 0. The molecule has 0 bridgehead atoms. The standard InChI is InChI=1S/C19H25N3O.ClH/c1-20-18-3-2-12-22(14-18)13-16-4-6-19(7-5-16)23-15-17-8-10-21-11-9-17;/h4-11,18,20H,2-3,12-15H2,1H3;1H. The number of hydrogen-bond acceptors (Lipinski definition) is 4. The summed E-state index contributed by atoms with van der Waals surface area (Å²) in [6, 6.07) is 13.1. The number of piperidine rings is 1. The lowest BCUT2D eigenvalue weighted by Gasteiger charge is -2.32. The van der Waals surface area contributed by atoms with Gasteiger partial charge in [-0.2, -0.15) is 0 Å². The SMILES string of the molecule is CNC1CCCN(Cc2ccc(OCc3ccncc3)cc2)C1.Cl. The van der Waals surface area contributed by atoms with Gasteiger partial charge < -0.3 is 10.1 Å². The Morgan fingerprint density at radius 3 is 2.58 bits per heavy atom. The van der Waals surface area contributed by atoms with E-state index in [4.69, 9.17) is 4.74 Å². The Kier molecular flexibility index (Phi) is 7.50. The molecule has 1 aromatic carbocycles. The fraction of sp³-hybridized carbons (Fsp3) is 0.421. The molecule has 1 aliphatic rings. The van der Waals surface area contributed by atoms with Crippen molar-refractivity contribution >= 4 is 12.4 Å². The normalized spacial score (nSPS) is 18.0. The topological polar surface area (TPSA) is 37.4 Å². The highest BCUT2D eigenvalue weighted by molar-refractivity contribution is 5.85. The minimum Gasteiger partial charge on any atom is -0.489 e. The van der Waals surface area contributed by atoms with Crippen molar-refractivity contribution in [2.75, 3.05) is 20.1 Å². The minimum atomic E-state index is 0. The van der Waals surface area contributed by atoms with E-state index in [2.05, 4.69) is 46.5 Å². The molecule has 5 heteroatoms. The van der Waals surface area contributed by atoms with E-state index in [1.807, 2.05) is 12.1 Å². The molecule has 130 valence electrons. The quantitative estimate of drug-likeness (QED) is 0.870. The van der Waals surface area contributed by atoms with Crippen molar-refractivity contribution < 1.29 is 4.74 Å². The van der Waals surface area contributed by atoms with Gasteiger partial charge >= 0.3 is 0 Å². The molecule has 3 rings (SSSR count). The van der Waals surface area contributed by atoms with Gasteiger partial charge in [0.2, 0.25) is 0 Å². The van der Waals surface area contributed by atoms with Gasteiger partial charge in [-0.15, -0.1) is 12.4 Å². The molecule has 0 spiro atoms. The predicted octanol–water partition coefficient (Wildman–Crippen LogP) is 3.27. The number of halogens is 1. The van der Waals surface area contributed by atoms with E-state index in [9.17, 15) is 0 Å². The Hall–Kier alpha value is -1.62. The van der Waals surface area contributed by atoms with Crippen LogP contribution in [-0.4, -0.2) is 36.1 Å². The van der Waals surface area contributed by atoms with Crippen molar-refractivity contribution in [1.29, 1.82) is 0 Å². The van der Waals surface area contributed by atoms with Crippen molar-refractivity contribution in [1.82, 2.24) is 15.2 Å². The van der Waals surface area contributed by atoms with Gasteiger partial charge in [0.05, 0.1) is 0 Å². The first-order valence-corrected chi connectivity index (χ1v) is 8.34. The summed E-state index contributed by atoms with van der Waals surface area (Å²) in [6.45, 7) is 3.93. The highest BCUT2D eigenvalue weighted by atomic mass is 35.5. The van der Waals surface area contributed by atoms with E-state index in [-0.39, 0.29) is 12.4 Å². The van der Waals surface area contributed by atoms with Crippen LogP contribution >= 0.6 is 12.4 Å². The van der Waals surface area contributed by atoms with Crippen LogP contribution in [-0.2, 0) is 13.2 Å². The summed E-state index contributed by atoms with van der Waals surface area (Å²) in [4.78, 5) is 6.54. The lowest BCUT2D eigenvalue weighted by Crippen LogP contribution is -2.43. The lowest BCUT2D eigenvalue weighted by molar-refractivity contribution is 0.188. The van der Waals surface area contributed by atoms with Gasteiger partial charge in [0.1, 0.15) is 12.4 Å². The van der Waals surface area contributed by atoms with E-state index in [0.29, 0.717) is 12.6 Å². The summed E-state index contributed by atoms with van der Waals surface area (Å²) in [6.07, 6.45) is 6.14. The molecule has 1 saturated heterocycles. The van der Waals surface area contributed by atoms with E-state index in [0.717, 1.165) is 24.4 Å². The van der Waals surface area contributed by atoms with Gasteiger partial charge in [0.15, 0.2) is 0 Å². The Balaban J connectivity index is 0.00000208. The number of likely N-dealkylation sites (tertiary alicyclic amines) is 1. The van der Waals surface area contributed by atoms with Gasteiger partial charge in [-0.05, 0) is 61.8 Å². The molecule has 0 aliphatic carbocycles. The maximum Gasteiger partial charge on any atom is 0.119 e. The molecule has 1 fully saturated rings. The average Bonchev–Trinajstić information content (AvgIpc) is 2.62. The van der Waals surface area contributed by atoms with E-state index < -0.39 is 0 Å². The van der Waals surface area contributed by atoms with Gasteiger partial charge in [0.25, 0.3) is 0 Å². The number of nitrogens with one attached hydrogen (secondary N) is 1. The van der Waals surface area contributed by atoms with Gasteiger partial charge in [-0.25, -0.2) is 0 Å². The van der Waals surface area contributed by atoms with E-state index >= 15 is 0 Å². The molecule has 1 unspecified atom stereocenters. The van der Waals surface area contributed by atoms with Crippen LogP contribution in [0.15, 0.2) is 48.8 Å². The zero-order chi connectivity index (χ0) is 15.9. The van der Waals surface area contributed by atoms with Gasteiger partial charge in [-0.1, -0.05) is 12.1 Å². The second kappa shape index (κ2) is 9.62. The zero-order valence-electron chi connectivity index (χ0n) is 14.1. The zero-order valence-corrected chi connectivity index (χ0v) is 15.0. The minimum absolute atomic E-state index is 0. The highest BCUT2D eigenvalue weighted by Gasteiger charge is 2.18. The summed E-state index contributed by atoms with van der Waals surface area (Å²) in [5.74, 6) is 0.914. The van der Waals surface area contributed by atoms with Crippen LogP contribution in [0.1, 0.15) is 24.0 Å². The first-order chi connectivity index (χ1) is 11.3. The molecule has 0 amide bonds. The molecule has 2 aromatic rings. The number of pyridine rings is 1. The molecule has 1 aromatic heterocycles. The third-order valence-electron chi connectivity index (χ3n) is 4.40. The fourth-order valence-corrected chi connectivity index (χ4v) is 3.03. The smallest absolute Gasteiger partial charge is 0.119 e. The Bertz CT molecular complexity index is 591. The number of likely N-dealkylation sites (N-methyl/N-ethyl adjacent to an activating group) is 1. The number of aromatic nitrogens is 1. The fourth-order valence-electron chi connectivity index (χ4n) is 3.03. The number of rotatable bonds is 6. The Labute approximate surface area is 150 Å². The van der Waals surface area contributed by atoms with Crippen LogP contribution in [0, 0.1) is 0 Å². The Morgan fingerprint density at radius 2 is 1.88 bits per heavy atom. The van der Waals surface area contributed by atoms with Crippen LogP contribution in [0.3, 0.4) is 0 Å². The summed E-state index contributed by atoms with van der Waals surface area (Å²) < 4.78 is 5.82. The first kappa shape index (κ1) is 18.7. The summed E-state index contributed by atoms with van der Waals surface area (Å²) in [5.41, 5.74) is 2.48. The number of nitrogens with zero attached hydrogens (tertiary/aromatic N) is 2. The summed E-state index contributed by atoms with van der Waals surface area (Å²) in [5, 5.41) is 3.39. The number of ether oxygens (including phenoxy) is 1. The summed E-state index contributed by atoms with van der Waals surface area (Å²) in [7, 11) is 2.06. The van der Waals surface area contributed by atoms with Crippen molar-refractivity contribution in [3.8, 4) is 5.75 Å².